The highest BCUT2D eigenvalue weighted by Crippen LogP contribution is 2.29. The van der Waals surface area contributed by atoms with Crippen molar-refractivity contribution in [3.8, 4) is 0 Å². The van der Waals surface area contributed by atoms with Gasteiger partial charge in [-0.15, -0.1) is 0 Å². The summed E-state index contributed by atoms with van der Waals surface area (Å²) in [6.45, 7) is 8.10. The molecule has 3 N–H and O–H groups in total. The molecule has 0 bridgehead atoms. The normalized spacial score (nSPS) is 22.9. The Kier molecular flexibility index (Phi) is 5.99. The van der Waals surface area contributed by atoms with E-state index in [2.05, 4.69) is 12.2 Å². The van der Waals surface area contributed by atoms with E-state index in [0.29, 0.717) is 25.2 Å². The first-order valence-electron chi connectivity index (χ1n) is 8.75. The third-order valence-corrected chi connectivity index (χ3v) is 5.16. The molecule has 1 aromatic rings. The fraction of sp³-hybridized carbons (Fsp3) is 0.579. The largest absolute Gasteiger partial charge is 0.340 e. The van der Waals surface area contributed by atoms with Gasteiger partial charge in [0.1, 0.15) is 6.04 Å². The predicted molar refractivity (Wildman–Crippen MR) is 95.5 cm³/mol. The maximum absolute atomic E-state index is 13.0. The number of benzene rings is 1. The highest BCUT2D eigenvalue weighted by atomic mass is 16.2. The summed E-state index contributed by atoms with van der Waals surface area (Å²) in [5, 5.41) is 2.94. The highest BCUT2D eigenvalue weighted by molar-refractivity contribution is 5.97. The number of hydrogen-bond acceptors (Lipinski definition) is 3. The zero-order valence-corrected chi connectivity index (χ0v) is 14.9. The molecule has 5 heteroatoms. The zero-order valence-electron chi connectivity index (χ0n) is 14.9. The van der Waals surface area contributed by atoms with Gasteiger partial charge >= 0.3 is 0 Å². The molecule has 3 atom stereocenters. The second-order valence-electron chi connectivity index (χ2n) is 7.23. The molecule has 5 nitrogen and oxygen atoms in total. The van der Waals surface area contributed by atoms with E-state index in [4.69, 9.17) is 5.73 Å². The lowest BCUT2D eigenvalue weighted by Gasteiger charge is -2.29. The molecule has 1 aromatic carbocycles. The first kappa shape index (κ1) is 18.5. The monoisotopic (exact) mass is 331 g/mol. The van der Waals surface area contributed by atoms with Crippen molar-refractivity contribution in [1.29, 1.82) is 0 Å². The Hall–Kier alpha value is -1.88. The second kappa shape index (κ2) is 7.79. The third kappa shape index (κ3) is 4.15. The molecule has 0 aliphatic carbocycles. The lowest BCUT2D eigenvalue weighted by Crippen LogP contribution is -2.51. The van der Waals surface area contributed by atoms with E-state index >= 15 is 0 Å². The minimum absolute atomic E-state index is 0.00538. The van der Waals surface area contributed by atoms with E-state index in [9.17, 15) is 9.59 Å². The minimum atomic E-state index is -0.497. The zero-order chi connectivity index (χ0) is 17.7. The maximum Gasteiger partial charge on any atom is 0.251 e. The SMILES string of the molecule is CCC(C)C(NC(=O)c1ccccc1)C(=O)N1CCC(C)(CN)C1. The summed E-state index contributed by atoms with van der Waals surface area (Å²) < 4.78 is 0. The Balaban J connectivity index is 2.11. The number of hydrogen-bond donors (Lipinski definition) is 2. The number of nitrogens with one attached hydrogen (secondary N) is 1. The van der Waals surface area contributed by atoms with Gasteiger partial charge in [-0.2, -0.15) is 0 Å². The molecule has 1 aliphatic rings. The Morgan fingerprint density at radius 3 is 2.54 bits per heavy atom. The van der Waals surface area contributed by atoms with E-state index in [-0.39, 0.29) is 23.1 Å². The molecule has 1 fully saturated rings. The Labute approximate surface area is 144 Å². The molecule has 132 valence electrons. The number of nitrogens with zero attached hydrogens (tertiary/aromatic N) is 1. The molecule has 3 unspecified atom stereocenters. The van der Waals surface area contributed by atoms with Gasteiger partial charge in [0, 0.05) is 18.7 Å². The van der Waals surface area contributed by atoms with E-state index in [1.165, 1.54) is 0 Å². The molecule has 2 rings (SSSR count). The van der Waals surface area contributed by atoms with Crippen molar-refractivity contribution >= 4 is 11.8 Å². The van der Waals surface area contributed by atoms with Crippen molar-refractivity contribution in [3.05, 3.63) is 35.9 Å². The van der Waals surface area contributed by atoms with Gasteiger partial charge in [0.25, 0.3) is 5.91 Å². The summed E-state index contributed by atoms with van der Waals surface area (Å²) in [5.74, 6) is -0.115. The first-order valence-corrected chi connectivity index (χ1v) is 8.75. The second-order valence-corrected chi connectivity index (χ2v) is 7.23. The average molecular weight is 331 g/mol. The van der Waals surface area contributed by atoms with Crippen LogP contribution in [-0.4, -0.2) is 42.4 Å². The van der Waals surface area contributed by atoms with Gasteiger partial charge in [0.05, 0.1) is 0 Å². The highest BCUT2D eigenvalue weighted by Gasteiger charge is 2.38. The molecule has 0 aromatic heterocycles. The predicted octanol–water partition coefficient (Wildman–Crippen LogP) is 2.03. The molecule has 0 radical (unpaired) electrons. The van der Waals surface area contributed by atoms with Crippen molar-refractivity contribution in [2.75, 3.05) is 19.6 Å². The molecule has 0 spiro atoms. The van der Waals surface area contributed by atoms with E-state index < -0.39 is 6.04 Å². The Bertz CT molecular complexity index is 575. The van der Waals surface area contributed by atoms with Gasteiger partial charge in [-0.1, -0.05) is 45.4 Å². The number of carbonyl (C=O) groups is 2. The fourth-order valence-electron chi connectivity index (χ4n) is 3.07. The number of nitrogens with two attached hydrogens (primary N) is 1. The Morgan fingerprint density at radius 2 is 2.00 bits per heavy atom. The van der Waals surface area contributed by atoms with Crippen LogP contribution in [-0.2, 0) is 4.79 Å². The summed E-state index contributed by atoms with van der Waals surface area (Å²) in [6, 6.07) is 8.53. The molecule has 24 heavy (non-hydrogen) atoms. The van der Waals surface area contributed by atoms with Crippen molar-refractivity contribution in [1.82, 2.24) is 10.2 Å². The molecule has 1 aliphatic heterocycles. The van der Waals surface area contributed by atoms with Gasteiger partial charge in [0.15, 0.2) is 0 Å². The lowest BCUT2D eigenvalue weighted by molar-refractivity contribution is -0.133. The maximum atomic E-state index is 13.0. The first-order chi connectivity index (χ1) is 11.4. The van der Waals surface area contributed by atoms with Gasteiger partial charge in [0.2, 0.25) is 5.91 Å². The lowest BCUT2D eigenvalue weighted by atomic mass is 9.90. The van der Waals surface area contributed by atoms with Crippen LogP contribution in [0.4, 0.5) is 0 Å². The molecule has 2 amide bonds. The summed E-state index contributed by atoms with van der Waals surface area (Å²) in [4.78, 5) is 27.3. The standard InChI is InChI=1S/C19H29N3O2/c1-4-14(2)16(21-17(23)15-8-6-5-7-9-15)18(24)22-11-10-19(3,12-20)13-22/h5-9,14,16H,4,10-13,20H2,1-3H3,(H,21,23). The van der Waals surface area contributed by atoms with Crippen LogP contribution in [0.3, 0.4) is 0 Å². The summed E-state index contributed by atoms with van der Waals surface area (Å²) in [6.07, 6.45) is 1.74. The molecular formula is C19H29N3O2. The van der Waals surface area contributed by atoms with Crippen LogP contribution in [0, 0.1) is 11.3 Å². The van der Waals surface area contributed by atoms with Crippen LogP contribution >= 0.6 is 0 Å². The van der Waals surface area contributed by atoms with Crippen molar-refractivity contribution in [2.45, 2.75) is 39.7 Å². The number of rotatable bonds is 6. The van der Waals surface area contributed by atoms with Crippen molar-refractivity contribution in [3.63, 3.8) is 0 Å². The number of carbonyl (C=O) groups excluding carboxylic acids is 2. The smallest absolute Gasteiger partial charge is 0.251 e. The number of amides is 2. The van der Waals surface area contributed by atoms with E-state index in [1.807, 2.05) is 36.9 Å². The van der Waals surface area contributed by atoms with Crippen LogP contribution in [0.2, 0.25) is 0 Å². The van der Waals surface area contributed by atoms with Gasteiger partial charge in [-0.3, -0.25) is 9.59 Å². The topological polar surface area (TPSA) is 75.4 Å². The fourth-order valence-corrected chi connectivity index (χ4v) is 3.07. The summed E-state index contributed by atoms with van der Waals surface area (Å²) in [5.41, 5.74) is 6.40. The van der Waals surface area contributed by atoms with Crippen LogP contribution in [0.1, 0.15) is 44.0 Å². The minimum Gasteiger partial charge on any atom is -0.340 e. The van der Waals surface area contributed by atoms with Gasteiger partial charge in [-0.25, -0.2) is 0 Å². The van der Waals surface area contributed by atoms with Crippen LogP contribution in [0.5, 0.6) is 0 Å². The van der Waals surface area contributed by atoms with Crippen LogP contribution in [0.25, 0.3) is 0 Å². The van der Waals surface area contributed by atoms with Crippen molar-refractivity contribution in [2.24, 2.45) is 17.1 Å². The van der Waals surface area contributed by atoms with E-state index in [0.717, 1.165) is 12.8 Å². The number of likely N-dealkylation sites (tertiary alicyclic amines) is 1. The summed E-state index contributed by atoms with van der Waals surface area (Å²) >= 11 is 0. The van der Waals surface area contributed by atoms with Gasteiger partial charge < -0.3 is 16.0 Å². The Morgan fingerprint density at radius 1 is 1.33 bits per heavy atom. The molecular weight excluding hydrogens is 302 g/mol. The van der Waals surface area contributed by atoms with E-state index in [1.54, 1.807) is 12.1 Å². The average Bonchev–Trinajstić information content (AvgIpc) is 3.02. The summed E-state index contributed by atoms with van der Waals surface area (Å²) in [7, 11) is 0. The van der Waals surface area contributed by atoms with Gasteiger partial charge in [-0.05, 0) is 36.4 Å². The third-order valence-electron chi connectivity index (χ3n) is 5.16. The molecule has 0 saturated carbocycles. The van der Waals surface area contributed by atoms with Crippen molar-refractivity contribution < 1.29 is 9.59 Å². The molecule has 1 saturated heterocycles. The quantitative estimate of drug-likeness (QED) is 0.837. The molecule has 1 heterocycles. The van der Waals surface area contributed by atoms with Crippen LogP contribution in [0.15, 0.2) is 30.3 Å². The van der Waals surface area contributed by atoms with Crippen LogP contribution < -0.4 is 11.1 Å².